The Morgan fingerprint density at radius 3 is 2.74 bits per heavy atom. The van der Waals surface area contributed by atoms with Crippen molar-refractivity contribution in [1.82, 2.24) is 19.7 Å². The first-order valence-electron chi connectivity index (χ1n) is 6.64. The van der Waals surface area contributed by atoms with Gasteiger partial charge in [-0.05, 0) is 35.4 Å². The van der Waals surface area contributed by atoms with Gasteiger partial charge in [0.25, 0.3) is 0 Å². The molecule has 0 bridgehead atoms. The van der Waals surface area contributed by atoms with Crippen LogP contribution in [0.25, 0.3) is 22.5 Å². The van der Waals surface area contributed by atoms with E-state index in [-0.39, 0.29) is 10.8 Å². The van der Waals surface area contributed by atoms with E-state index in [0.717, 1.165) is 16.7 Å². The largest absolute Gasteiger partial charge is 0.317 e. The molecule has 0 fully saturated rings. The zero-order valence-electron chi connectivity index (χ0n) is 12.1. The number of benzene rings is 1. The number of nitriles is 1. The Labute approximate surface area is 137 Å². The number of halogens is 1. The average Bonchev–Trinajstić information content (AvgIpc) is 2.99. The zero-order chi connectivity index (χ0) is 16.4. The highest BCUT2D eigenvalue weighted by molar-refractivity contribution is 6.29. The maximum atomic E-state index is 11.0. The van der Waals surface area contributed by atoms with Crippen LogP contribution in [0.1, 0.15) is 16.1 Å². The van der Waals surface area contributed by atoms with Crippen LogP contribution in [0.2, 0.25) is 5.15 Å². The monoisotopic (exact) mass is 323 g/mol. The lowest BCUT2D eigenvalue weighted by molar-refractivity contribution is 0.111. The van der Waals surface area contributed by atoms with Crippen molar-refractivity contribution < 1.29 is 4.79 Å². The van der Waals surface area contributed by atoms with Crippen LogP contribution >= 0.6 is 11.6 Å². The molecular formula is C16H10ClN5O. The minimum atomic E-state index is 0.220. The molecule has 0 spiro atoms. The fourth-order valence-electron chi connectivity index (χ4n) is 2.31. The molecule has 112 valence electrons. The number of carbonyl (C=O) groups is 1. The lowest BCUT2D eigenvalue weighted by Gasteiger charge is -2.10. The lowest BCUT2D eigenvalue weighted by atomic mass is 9.97. The minimum absolute atomic E-state index is 0.220. The van der Waals surface area contributed by atoms with E-state index >= 15 is 0 Å². The van der Waals surface area contributed by atoms with Gasteiger partial charge in [0.1, 0.15) is 17.2 Å². The average molecular weight is 324 g/mol. The van der Waals surface area contributed by atoms with Gasteiger partial charge >= 0.3 is 0 Å². The molecule has 0 unspecified atom stereocenters. The Kier molecular flexibility index (Phi) is 3.87. The fraction of sp³-hybridized carbons (Fsp3) is 0.0625. The number of hydrogen-bond acceptors (Lipinski definition) is 5. The summed E-state index contributed by atoms with van der Waals surface area (Å²) in [5.41, 5.74) is 2.97. The second-order valence-corrected chi connectivity index (χ2v) is 5.25. The van der Waals surface area contributed by atoms with Gasteiger partial charge in [-0.1, -0.05) is 17.7 Å². The molecule has 1 aromatic carbocycles. The number of carbonyl (C=O) groups excluding carboxylic acids is 1. The predicted octanol–water partition coefficient (Wildman–Crippen LogP) is 2.88. The number of aromatic nitrogens is 4. The molecule has 6 nitrogen and oxygen atoms in total. The van der Waals surface area contributed by atoms with Crippen molar-refractivity contribution in [2.45, 2.75) is 0 Å². The Bertz CT molecular complexity index is 942. The summed E-state index contributed by atoms with van der Waals surface area (Å²) < 4.78 is 1.75. The summed E-state index contributed by atoms with van der Waals surface area (Å²) in [6, 6.07) is 10.6. The summed E-state index contributed by atoms with van der Waals surface area (Å²) in [5.74, 6) is 0.609. The van der Waals surface area contributed by atoms with Crippen LogP contribution in [-0.4, -0.2) is 26.0 Å². The molecule has 0 aliphatic rings. The Morgan fingerprint density at radius 2 is 2.09 bits per heavy atom. The third-order valence-electron chi connectivity index (χ3n) is 3.35. The van der Waals surface area contributed by atoms with Crippen molar-refractivity contribution >= 4 is 17.9 Å². The van der Waals surface area contributed by atoms with Crippen molar-refractivity contribution in [3.05, 3.63) is 53.1 Å². The molecule has 0 amide bonds. The maximum Gasteiger partial charge on any atom is 0.168 e. The standard InChI is InChI=1S/C16H10ClN5O/c1-22-9-19-21-16(22)14-4-10(7-18)2-3-13(14)11-5-12(8-23)20-15(17)6-11/h2-6,8-9H,1H3. The third kappa shape index (κ3) is 2.82. The van der Waals surface area contributed by atoms with Crippen molar-refractivity contribution in [1.29, 1.82) is 5.26 Å². The number of pyridine rings is 1. The van der Waals surface area contributed by atoms with Crippen LogP contribution in [0.3, 0.4) is 0 Å². The third-order valence-corrected chi connectivity index (χ3v) is 3.54. The SMILES string of the molecule is Cn1cnnc1-c1cc(C#N)ccc1-c1cc(Cl)nc(C=O)c1. The fourth-order valence-corrected chi connectivity index (χ4v) is 2.53. The van der Waals surface area contributed by atoms with E-state index in [9.17, 15) is 4.79 Å². The minimum Gasteiger partial charge on any atom is -0.317 e. The van der Waals surface area contributed by atoms with Gasteiger partial charge in [-0.3, -0.25) is 4.79 Å². The summed E-state index contributed by atoms with van der Waals surface area (Å²) in [5, 5.41) is 17.3. The number of aryl methyl sites for hydroxylation is 1. The number of aldehydes is 1. The van der Waals surface area contributed by atoms with Crippen LogP contribution in [0.4, 0.5) is 0 Å². The smallest absolute Gasteiger partial charge is 0.168 e. The summed E-state index contributed by atoms with van der Waals surface area (Å²) >= 11 is 5.99. The molecule has 7 heteroatoms. The number of nitrogens with zero attached hydrogens (tertiary/aromatic N) is 5. The molecule has 0 aliphatic heterocycles. The first-order valence-corrected chi connectivity index (χ1v) is 7.02. The molecule has 0 aliphatic carbocycles. The molecule has 23 heavy (non-hydrogen) atoms. The first kappa shape index (κ1) is 14.9. The van der Waals surface area contributed by atoms with Crippen molar-refractivity contribution in [2.75, 3.05) is 0 Å². The first-order chi connectivity index (χ1) is 11.1. The second-order valence-electron chi connectivity index (χ2n) is 4.86. The van der Waals surface area contributed by atoms with Gasteiger partial charge in [0, 0.05) is 12.6 Å². The van der Waals surface area contributed by atoms with Gasteiger partial charge in [0.05, 0.1) is 11.6 Å². The topological polar surface area (TPSA) is 84.5 Å². The summed E-state index contributed by atoms with van der Waals surface area (Å²) in [4.78, 5) is 15.0. The highest BCUT2D eigenvalue weighted by atomic mass is 35.5. The molecule has 0 saturated heterocycles. The van der Waals surface area contributed by atoms with E-state index < -0.39 is 0 Å². The van der Waals surface area contributed by atoms with Gasteiger partial charge in [-0.25, -0.2) is 4.98 Å². The van der Waals surface area contributed by atoms with Crippen molar-refractivity contribution in [3.8, 4) is 28.6 Å². The van der Waals surface area contributed by atoms with Crippen LogP contribution in [0.5, 0.6) is 0 Å². The van der Waals surface area contributed by atoms with Gasteiger partial charge < -0.3 is 4.57 Å². The molecular weight excluding hydrogens is 314 g/mol. The quantitative estimate of drug-likeness (QED) is 0.546. The van der Waals surface area contributed by atoms with Gasteiger partial charge in [-0.2, -0.15) is 5.26 Å². The molecule has 3 aromatic rings. The summed E-state index contributed by atoms with van der Waals surface area (Å²) in [6.45, 7) is 0. The molecule has 0 N–H and O–H groups in total. The van der Waals surface area contributed by atoms with Gasteiger partial charge in [0.15, 0.2) is 12.1 Å². The van der Waals surface area contributed by atoms with E-state index in [1.165, 1.54) is 0 Å². The highest BCUT2D eigenvalue weighted by Gasteiger charge is 2.14. The van der Waals surface area contributed by atoms with Crippen LogP contribution in [-0.2, 0) is 7.05 Å². The van der Waals surface area contributed by atoms with Crippen LogP contribution in [0, 0.1) is 11.3 Å². The zero-order valence-corrected chi connectivity index (χ0v) is 12.8. The van der Waals surface area contributed by atoms with Crippen molar-refractivity contribution in [2.24, 2.45) is 7.05 Å². The summed E-state index contributed by atoms with van der Waals surface area (Å²) in [6.07, 6.45) is 2.22. The molecule has 0 atom stereocenters. The highest BCUT2D eigenvalue weighted by Crippen LogP contribution is 2.32. The Hall–Kier alpha value is -3.04. The van der Waals surface area contributed by atoms with Crippen LogP contribution in [0.15, 0.2) is 36.7 Å². The number of rotatable bonds is 3. The lowest BCUT2D eigenvalue weighted by Crippen LogP contribution is -1.96. The summed E-state index contributed by atoms with van der Waals surface area (Å²) in [7, 11) is 1.81. The van der Waals surface area contributed by atoms with E-state index in [4.69, 9.17) is 16.9 Å². The number of hydrogen-bond donors (Lipinski definition) is 0. The molecule has 0 radical (unpaired) electrons. The molecule has 2 heterocycles. The second kappa shape index (κ2) is 5.99. The maximum absolute atomic E-state index is 11.0. The Morgan fingerprint density at radius 1 is 1.26 bits per heavy atom. The normalized spacial score (nSPS) is 10.3. The van der Waals surface area contributed by atoms with Gasteiger partial charge in [-0.15, -0.1) is 10.2 Å². The van der Waals surface area contributed by atoms with Crippen molar-refractivity contribution in [3.63, 3.8) is 0 Å². The molecule has 3 rings (SSSR count). The van der Waals surface area contributed by atoms with Gasteiger partial charge in [0.2, 0.25) is 0 Å². The predicted molar refractivity (Wildman–Crippen MR) is 84.8 cm³/mol. The van der Waals surface area contributed by atoms with E-state index in [1.54, 1.807) is 41.2 Å². The Balaban J connectivity index is 2.28. The van der Waals surface area contributed by atoms with E-state index in [0.29, 0.717) is 17.7 Å². The molecule has 2 aromatic heterocycles. The molecule has 0 saturated carbocycles. The van der Waals surface area contributed by atoms with E-state index in [1.807, 2.05) is 7.05 Å². The van der Waals surface area contributed by atoms with Crippen LogP contribution < -0.4 is 0 Å². The van der Waals surface area contributed by atoms with E-state index in [2.05, 4.69) is 21.3 Å².